The summed E-state index contributed by atoms with van der Waals surface area (Å²) in [4.78, 5) is 12.6. The summed E-state index contributed by atoms with van der Waals surface area (Å²) in [6.45, 7) is 4.98. The highest BCUT2D eigenvalue weighted by atomic mass is 16.5. The van der Waals surface area contributed by atoms with Crippen LogP contribution in [0.1, 0.15) is 48.0 Å². The fourth-order valence-corrected chi connectivity index (χ4v) is 3.20. The van der Waals surface area contributed by atoms with Crippen molar-refractivity contribution in [2.24, 2.45) is 0 Å². The minimum Gasteiger partial charge on any atom is -0.490 e. The Morgan fingerprint density at radius 2 is 1.72 bits per heavy atom. The molecule has 0 fully saturated rings. The smallest absolute Gasteiger partial charge is 0.287 e. The number of furan rings is 1. The standard InChI is InChI=1S/C24H27NO4/c1-3-27-21-15-13-19(17-23(21)28-4-2)20(14-12-18-9-6-5-7-10-18)25-24(26)22-11-8-16-29-22/h5-11,13,15-17,20H,3-4,12,14H2,1-2H3,(H,25,26)/t20-/m0/s1. The number of hydrogen-bond acceptors (Lipinski definition) is 4. The molecule has 1 amide bonds. The fourth-order valence-electron chi connectivity index (χ4n) is 3.20. The van der Waals surface area contributed by atoms with E-state index in [4.69, 9.17) is 13.9 Å². The second-order valence-corrected chi connectivity index (χ2v) is 6.60. The molecule has 0 aliphatic rings. The van der Waals surface area contributed by atoms with Crippen molar-refractivity contribution in [3.05, 3.63) is 83.8 Å². The fraction of sp³-hybridized carbons (Fsp3) is 0.292. The normalized spacial score (nSPS) is 11.7. The van der Waals surface area contributed by atoms with Gasteiger partial charge in [-0.3, -0.25) is 4.79 Å². The lowest BCUT2D eigenvalue weighted by molar-refractivity contribution is 0.0906. The van der Waals surface area contributed by atoms with Crippen molar-refractivity contribution in [3.63, 3.8) is 0 Å². The van der Waals surface area contributed by atoms with E-state index < -0.39 is 0 Å². The lowest BCUT2D eigenvalue weighted by atomic mass is 9.98. The highest BCUT2D eigenvalue weighted by Crippen LogP contribution is 2.32. The van der Waals surface area contributed by atoms with Gasteiger partial charge in [-0.1, -0.05) is 36.4 Å². The third-order valence-corrected chi connectivity index (χ3v) is 4.58. The molecule has 3 aromatic rings. The van der Waals surface area contributed by atoms with Gasteiger partial charge in [0, 0.05) is 0 Å². The van der Waals surface area contributed by atoms with Crippen molar-refractivity contribution in [1.82, 2.24) is 5.32 Å². The van der Waals surface area contributed by atoms with Crippen molar-refractivity contribution in [2.45, 2.75) is 32.7 Å². The lowest BCUT2D eigenvalue weighted by Crippen LogP contribution is -2.28. The number of amides is 1. The molecule has 2 aromatic carbocycles. The van der Waals surface area contributed by atoms with E-state index in [1.165, 1.54) is 11.8 Å². The molecule has 0 saturated heterocycles. The third kappa shape index (κ3) is 5.64. The van der Waals surface area contributed by atoms with Gasteiger partial charge in [-0.05, 0) is 62.1 Å². The van der Waals surface area contributed by atoms with Crippen LogP contribution in [0.2, 0.25) is 0 Å². The first-order valence-corrected chi connectivity index (χ1v) is 9.99. The summed E-state index contributed by atoms with van der Waals surface area (Å²) in [5.74, 6) is 1.45. The Kier molecular flexibility index (Phi) is 7.34. The van der Waals surface area contributed by atoms with Gasteiger partial charge in [0.25, 0.3) is 5.91 Å². The molecule has 0 radical (unpaired) electrons. The molecule has 152 valence electrons. The Bertz CT molecular complexity index is 891. The molecular formula is C24H27NO4. The number of aryl methyl sites for hydroxylation is 1. The molecule has 1 heterocycles. The van der Waals surface area contributed by atoms with Crippen molar-refractivity contribution in [1.29, 1.82) is 0 Å². The average Bonchev–Trinajstić information content (AvgIpc) is 3.28. The third-order valence-electron chi connectivity index (χ3n) is 4.58. The highest BCUT2D eigenvalue weighted by Gasteiger charge is 2.19. The number of benzene rings is 2. The van der Waals surface area contributed by atoms with Gasteiger partial charge in [0.15, 0.2) is 17.3 Å². The van der Waals surface area contributed by atoms with Crippen molar-refractivity contribution >= 4 is 5.91 Å². The zero-order valence-electron chi connectivity index (χ0n) is 16.9. The number of rotatable bonds is 10. The SMILES string of the molecule is CCOc1ccc([C@H](CCc2ccccc2)NC(=O)c2ccco2)cc1OCC. The van der Waals surface area contributed by atoms with E-state index >= 15 is 0 Å². The predicted molar refractivity (Wildman–Crippen MR) is 112 cm³/mol. The maximum atomic E-state index is 12.6. The van der Waals surface area contributed by atoms with E-state index in [0.29, 0.717) is 30.5 Å². The Morgan fingerprint density at radius 1 is 0.966 bits per heavy atom. The first kappa shape index (κ1) is 20.5. The number of carbonyl (C=O) groups is 1. The summed E-state index contributed by atoms with van der Waals surface area (Å²) in [5, 5.41) is 3.10. The molecule has 0 unspecified atom stereocenters. The van der Waals surface area contributed by atoms with Crippen LogP contribution in [0.3, 0.4) is 0 Å². The van der Waals surface area contributed by atoms with Crippen LogP contribution >= 0.6 is 0 Å². The summed E-state index contributed by atoms with van der Waals surface area (Å²) >= 11 is 0. The molecular weight excluding hydrogens is 366 g/mol. The van der Waals surface area contributed by atoms with Gasteiger partial charge in [0.2, 0.25) is 0 Å². The Balaban J connectivity index is 1.84. The zero-order chi connectivity index (χ0) is 20.5. The minimum atomic E-state index is -0.236. The van der Waals surface area contributed by atoms with Gasteiger partial charge in [-0.25, -0.2) is 0 Å². The second-order valence-electron chi connectivity index (χ2n) is 6.60. The van der Waals surface area contributed by atoms with Gasteiger partial charge in [0.1, 0.15) is 0 Å². The lowest BCUT2D eigenvalue weighted by Gasteiger charge is -2.21. The monoisotopic (exact) mass is 393 g/mol. The molecule has 1 aromatic heterocycles. The van der Waals surface area contributed by atoms with Crippen LogP contribution in [-0.2, 0) is 6.42 Å². The highest BCUT2D eigenvalue weighted by molar-refractivity contribution is 5.91. The van der Waals surface area contributed by atoms with Crippen LogP contribution < -0.4 is 14.8 Å². The van der Waals surface area contributed by atoms with Crippen LogP contribution in [0, 0.1) is 0 Å². The van der Waals surface area contributed by atoms with E-state index in [1.54, 1.807) is 12.1 Å². The van der Waals surface area contributed by atoms with Crippen LogP contribution in [0.15, 0.2) is 71.3 Å². The topological polar surface area (TPSA) is 60.7 Å². The quantitative estimate of drug-likeness (QED) is 0.515. The molecule has 0 aliphatic heterocycles. The van der Waals surface area contributed by atoms with Crippen LogP contribution in [0.4, 0.5) is 0 Å². The first-order chi connectivity index (χ1) is 14.2. The van der Waals surface area contributed by atoms with Crippen LogP contribution in [0.25, 0.3) is 0 Å². The maximum absolute atomic E-state index is 12.6. The molecule has 0 saturated carbocycles. The van der Waals surface area contributed by atoms with E-state index in [0.717, 1.165) is 18.4 Å². The molecule has 0 aliphatic carbocycles. The molecule has 5 heteroatoms. The molecule has 0 spiro atoms. The van der Waals surface area contributed by atoms with E-state index in [1.807, 2.05) is 50.2 Å². The molecule has 0 bridgehead atoms. The average molecular weight is 393 g/mol. The number of ether oxygens (including phenoxy) is 2. The van der Waals surface area contributed by atoms with Gasteiger partial charge < -0.3 is 19.2 Å². The van der Waals surface area contributed by atoms with Gasteiger partial charge in [-0.15, -0.1) is 0 Å². The summed E-state index contributed by atoms with van der Waals surface area (Å²) in [5.41, 5.74) is 2.19. The molecule has 29 heavy (non-hydrogen) atoms. The van der Waals surface area contributed by atoms with Crippen LogP contribution in [0.5, 0.6) is 11.5 Å². The van der Waals surface area contributed by atoms with Crippen molar-refractivity contribution in [2.75, 3.05) is 13.2 Å². The summed E-state index contributed by atoms with van der Waals surface area (Å²) < 4.78 is 16.7. The minimum absolute atomic E-state index is 0.192. The van der Waals surface area contributed by atoms with Crippen molar-refractivity contribution < 1.29 is 18.7 Å². The predicted octanol–water partition coefficient (Wildman–Crippen LogP) is 5.18. The van der Waals surface area contributed by atoms with Gasteiger partial charge in [-0.2, -0.15) is 0 Å². The van der Waals surface area contributed by atoms with E-state index in [2.05, 4.69) is 17.4 Å². The molecule has 1 atom stereocenters. The number of hydrogen-bond donors (Lipinski definition) is 1. The Hall–Kier alpha value is -3.21. The summed E-state index contributed by atoms with van der Waals surface area (Å²) in [6, 6.07) is 19.2. The second kappa shape index (κ2) is 10.4. The number of nitrogens with one attached hydrogen (secondary N) is 1. The zero-order valence-corrected chi connectivity index (χ0v) is 16.9. The van der Waals surface area contributed by atoms with Gasteiger partial charge >= 0.3 is 0 Å². The molecule has 1 N–H and O–H groups in total. The van der Waals surface area contributed by atoms with E-state index in [9.17, 15) is 4.79 Å². The summed E-state index contributed by atoms with van der Waals surface area (Å²) in [6.07, 6.45) is 3.08. The first-order valence-electron chi connectivity index (χ1n) is 9.99. The largest absolute Gasteiger partial charge is 0.490 e. The molecule has 5 nitrogen and oxygen atoms in total. The van der Waals surface area contributed by atoms with E-state index in [-0.39, 0.29) is 11.9 Å². The number of carbonyl (C=O) groups excluding carboxylic acids is 1. The maximum Gasteiger partial charge on any atom is 0.287 e. The molecule has 3 rings (SSSR count). The van der Waals surface area contributed by atoms with Crippen LogP contribution in [-0.4, -0.2) is 19.1 Å². The van der Waals surface area contributed by atoms with Gasteiger partial charge in [0.05, 0.1) is 25.5 Å². The Morgan fingerprint density at radius 3 is 2.41 bits per heavy atom. The summed E-state index contributed by atoms with van der Waals surface area (Å²) in [7, 11) is 0. The Labute approximate surface area is 171 Å². The van der Waals surface area contributed by atoms with Crippen molar-refractivity contribution in [3.8, 4) is 11.5 Å².